The highest BCUT2D eigenvalue weighted by Gasteiger charge is 2.55. The molecular formula is C14H16N2O6S. The van der Waals surface area contributed by atoms with Gasteiger partial charge in [0.15, 0.2) is 0 Å². The Bertz CT molecular complexity index is 596. The molecule has 0 aliphatic carbocycles. The Morgan fingerprint density at radius 1 is 1.52 bits per heavy atom. The molecule has 0 radical (unpaired) electrons. The van der Waals surface area contributed by atoms with Crippen molar-refractivity contribution in [3.63, 3.8) is 0 Å². The first kappa shape index (κ1) is 15.9. The van der Waals surface area contributed by atoms with E-state index in [4.69, 9.17) is 9.47 Å². The molecule has 0 aromatic carbocycles. The lowest BCUT2D eigenvalue weighted by molar-refractivity contribution is -0.152. The minimum Gasteiger partial charge on any atom is -0.430 e. The van der Waals surface area contributed by atoms with Crippen LogP contribution < -0.4 is 5.32 Å². The number of rotatable bonds is 6. The summed E-state index contributed by atoms with van der Waals surface area (Å²) in [6.45, 7) is 3.18. The normalized spacial score (nSPS) is 28.6. The lowest BCUT2D eigenvalue weighted by Crippen LogP contribution is -2.58. The highest BCUT2D eigenvalue weighted by atomic mass is 32.2. The molecule has 2 amide bonds. The molecule has 2 fully saturated rings. The number of nitrogens with one attached hydrogen (secondary N) is 1. The van der Waals surface area contributed by atoms with E-state index in [9.17, 15) is 19.5 Å². The van der Waals surface area contributed by atoms with Crippen LogP contribution in [0.1, 0.15) is 12.8 Å². The maximum atomic E-state index is 12.0. The van der Waals surface area contributed by atoms with Crippen LogP contribution in [0.5, 0.6) is 0 Å². The van der Waals surface area contributed by atoms with E-state index in [0.29, 0.717) is 17.7 Å². The largest absolute Gasteiger partial charge is 0.515 e. The van der Waals surface area contributed by atoms with Gasteiger partial charge >= 0.3 is 6.16 Å². The molecular weight excluding hydrogens is 324 g/mol. The zero-order chi connectivity index (χ0) is 16.6. The van der Waals surface area contributed by atoms with E-state index in [2.05, 4.69) is 11.9 Å². The summed E-state index contributed by atoms with van der Waals surface area (Å²) in [7, 11) is 0. The van der Waals surface area contributed by atoms with Crippen LogP contribution >= 0.6 is 11.8 Å². The molecule has 2 N–H and O–H groups in total. The third-order valence-electron chi connectivity index (χ3n) is 3.80. The van der Waals surface area contributed by atoms with Crippen molar-refractivity contribution in [1.29, 1.82) is 0 Å². The zero-order valence-corrected chi connectivity index (χ0v) is 13.0. The fraction of sp³-hybridized carbons (Fsp3) is 0.500. The molecule has 2 saturated heterocycles. The van der Waals surface area contributed by atoms with Gasteiger partial charge in [0.25, 0.3) is 0 Å². The van der Waals surface area contributed by atoms with Gasteiger partial charge in [-0.2, -0.15) is 0 Å². The second kappa shape index (κ2) is 6.25. The summed E-state index contributed by atoms with van der Waals surface area (Å²) in [5.74, 6) is -0.676. The van der Waals surface area contributed by atoms with E-state index in [0.717, 1.165) is 0 Å². The molecule has 3 heterocycles. The van der Waals surface area contributed by atoms with Crippen molar-refractivity contribution >= 4 is 29.7 Å². The Morgan fingerprint density at radius 3 is 2.87 bits per heavy atom. The second-order valence-electron chi connectivity index (χ2n) is 5.36. The van der Waals surface area contributed by atoms with Crippen molar-refractivity contribution < 1.29 is 29.0 Å². The number of fused-ring (bicyclic) bond motifs is 1. The molecule has 0 spiro atoms. The van der Waals surface area contributed by atoms with Gasteiger partial charge in [-0.3, -0.25) is 14.5 Å². The first-order chi connectivity index (χ1) is 11.0. The summed E-state index contributed by atoms with van der Waals surface area (Å²) in [5, 5.41) is 11.7. The number of aliphatic hydroxyl groups excluding tert-OH is 1. The van der Waals surface area contributed by atoms with Crippen molar-refractivity contribution in [2.45, 2.75) is 24.3 Å². The van der Waals surface area contributed by atoms with Crippen LogP contribution in [0, 0.1) is 5.92 Å². The maximum absolute atomic E-state index is 12.0. The van der Waals surface area contributed by atoms with Gasteiger partial charge in [-0.15, -0.1) is 0 Å². The standard InChI is InChI=1S/C14H16N2O6S/c1-2-3-21-14(20)22-12-9(4-7-5-10(18)15-7)23-13-8(6-17)11(19)16(12)13/h2,7-8,13,17H,1,3-6H2,(H,15,18)/t7-,8-,13+/m0/s1. The van der Waals surface area contributed by atoms with E-state index < -0.39 is 12.1 Å². The molecule has 124 valence electrons. The fourth-order valence-electron chi connectivity index (χ4n) is 2.63. The Morgan fingerprint density at radius 2 is 2.26 bits per heavy atom. The second-order valence-corrected chi connectivity index (χ2v) is 6.57. The van der Waals surface area contributed by atoms with Crippen LogP contribution in [0.2, 0.25) is 0 Å². The summed E-state index contributed by atoms with van der Waals surface area (Å²) in [6.07, 6.45) is 1.36. The molecule has 0 aromatic rings. The average Bonchev–Trinajstić information content (AvgIpc) is 2.78. The molecule has 3 rings (SSSR count). The van der Waals surface area contributed by atoms with Crippen LogP contribution in [-0.2, 0) is 19.1 Å². The minimum absolute atomic E-state index is 0.00388. The summed E-state index contributed by atoms with van der Waals surface area (Å²) in [5.41, 5.74) is 0. The maximum Gasteiger partial charge on any atom is 0.515 e. The smallest absolute Gasteiger partial charge is 0.430 e. The summed E-state index contributed by atoms with van der Waals surface area (Å²) >= 11 is 1.37. The monoisotopic (exact) mass is 340 g/mol. The molecule has 3 aliphatic heterocycles. The van der Waals surface area contributed by atoms with Crippen LogP contribution in [0.3, 0.4) is 0 Å². The predicted octanol–water partition coefficient (Wildman–Crippen LogP) is 0.297. The minimum atomic E-state index is -0.920. The number of nitrogens with zero attached hydrogens (tertiary/aromatic N) is 1. The average molecular weight is 340 g/mol. The van der Waals surface area contributed by atoms with Crippen LogP contribution in [-0.4, -0.2) is 52.6 Å². The van der Waals surface area contributed by atoms with Crippen molar-refractivity contribution in [1.82, 2.24) is 10.2 Å². The first-order valence-corrected chi connectivity index (χ1v) is 8.01. The number of β-lactam (4-membered cyclic amide) rings is 2. The van der Waals surface area contributed by atoms with Gasteiger partial charge in [0, 0.05) is 18.9 Å². The highest BCUT2D eigenvalue weighted by molar-refractivity contribution is 8.04. The van der Waals surface area contributed by atoms with E-state index in [1.54, 1.807) is 0 Å². The van der Waals surface area contributed by atoms with Gasteiger partial charge in [0.05, 0.1) is 17.4 Å². The number of hydrogen-bond donors (Lipinski definition) is 2. The molecule has 0 aromatic heterocycles. The molecule has 3 aliphatic rings. The first-order valence-electron chi connectivity index (χ1n) is 7.13. The van der Waals surface area contributed by atoms with Crippen molar-refractivity contribution in [2.75, 3.05) is 13.2 Å². The number of thioether (sulfide) groups is 1. The number of amides is 2. The van der Waals surface area contributed by atoms with Crippen molar-refractivity contribution in [3.8, 4) is 0 Å². The Balaban J connectivity index is 1.73. The highest BCUT2D eigenvalue weighted by Crippen LogP contribution is 2.51. The van der Waals surface area contributed by atoms with Crippen molar-refractivity contribution in [2.24, 2.45) is 5.92 Å². The molecule has 8 nitrogen and oxygen atoms in total. The third-order valence-corrected chi connectivity index (χ3v) is 5.20. The summed E-state index contributed by atoms with van der Waals surface area (Å²) in [4.78, 5) is 36.8. The van der Waals surface area contributed by atoms with E-state index in [1.165, 1.54) is 22.7 Å². The van der Waals surface area contributed by atoms with Gasteiger partial charge in [-0.25, -0.2) is 4.79 Å². The number of hydrogen-bond acceptors (Lipinski definition) is 7. The van der Waals surface area contributed by atoms with E-state index in [-0.39, 0.29) is 42.3 Å². The third kappa shape index (κ3) is 2.81. The summed E-state index contributed by atoms with van der Waals surface area (Å²) < 4.78 is 9.96. The van der Waals surface area contributed by atoms with E-state index in [1.807, 2.05) is 0 Å². The Hall–Kier alpha value is -2.00. The van der Waals surface area contributed by atoms with Crippen LogP contribution in [0.4, 0.5) is 4.79 Å². The lowest BCUT2D eigenvalue weighted by atomic mass is 9.99. The lowest BCUT2D eigenvalue weighted by Gasteiger charge is -2.40. The quantitative estimate of drug-likeness (QED) is 0.407. The molecule has 23 heavy (non-hydrogen) atoms. The fourth-order valence-corrected chi connectivity index (χ4v) is 4.13. The van der Waals surface area contributed by atoms with Gasteiger partial charge in [-0.05, 0) is 0 Å². The van der Waals surface area contributed by atoms with Gasteiger partial charge in [0.1, 0.15) is 12.0 Å². The topological polar surface area (TPSA) is 105 Å². The molecule has 3 atom stereocenters. The molecule has 0 unspecified atom stereocenters. The van der Waals surface area contributed by atoms with Crippen LogP contribution in [0.15, 0.2) is 23.4 Å². The SMILES string of the molecule is C=CCOC(=O)OC1=C(C[C@H]2CC(=O)N2)S[C@@H]2[C@@H](CO)C(=O)N12. The number of ether oxygens (including phenoxy) is 2. The van der Waals surface area contributed by atoms with Crippen LogP contribution in [0.25, 0.3) is 0 Å². The zero-order valence-electron chi connectivity index (χ0n) is 12.2. The number of aliphatic hydroxyl groups is 1. The van der Waals surface area contributed by atoms with Gasteiger partial charge in [-0.1, -0.05) is 24.4 Å². The van der Waals surface area contributed by atoms with Crippen molar-refractivity contribution in [3.05, 3.63) is 23.4 Å². The number of carbonyl (C=O) groups excluding carboxylic acids is 3. The molecule has 0 saturated carbocycles. The molecule has 0 bridgehead atoms. The number of carbonyl (C=O) groups is 3. The predicted molar refractivity (Wildman–Crippen MR) is 79.6 cm³/mol. The Labute approximate surface area is 136 Å². The van der Waals surface area contributed by atoms with E-state index >= 15 is 0 Å². The summed E-state index contributed by atoms with van der Waals surface area (Å²) in [6, 6.07) is -0.0332. The van der Waals surface area contributed by atoms with Gasteiger partial charge in [0.2, 0.25) is 17.7 Å². The van der Waals surface area contributed by atoms with Gasteiger partial charge < -0.3 is 19.9 Å². The molecule has 9 heteroatoms. The Kier molecular flexibility index (Phi) is 4.31.